The zero-order chi connectivity index (χ0) is 18.0. The average molecular weight is 326 g/mol. The standard InChI is InChI=1S/C13H18O2.C5H12O3/c1-9(2)8-11-4-6-12(7-5-11)10(3)13(14)15;1-5(2-6,3-7)4-8/h4-7,9-10H,8H2,1-3H3,(H,14,15);6-8H,2-4H2,1H3. The van der Waals surface area contributed by atoms with Crippen LogP contribution in [0.2, 0.25) is 0 Å². The number of hydrogen-bond donors (Lipinski definition) is 4. The third kappa shape index (κ3) is 8.11. The molecule has 132 valence electrons. The van der Waals surface area contributed by atoms with E-state index >= 15 is 0 Å². The summed E-state index contributed by atoms with van der Waals surface area (Å²) >= 11 is 0. The molecule has 1 rings (SSSR count). The number of benzene rings is 1. The first kappa shape index (κ1) is 21.6. The molecule has 1 unspecified atom stereocenters. The first-order valence-electron chi connectivity index (χ1n) is 7.83. The predicted molar refractivity (Wildman–Crippen MR) is 90.4 cm³/mol. The van der Waals surface area contributed by atoms with Crippen LogP contribution in [0, 0.1) is 11.3 Å². The molecule has 0 heterocycles. The van der Waals surface area contributed by atoms with Gasteiger partial charge in [0, 0.05) is 5.41 Å². The molecule has 0 spiro atoms. The summed E-state index contributed by atoms with van der Waals surface area (Å²) in [7, 11) is 0. The summed E-state index contributed by atoms with van der Waals surface area (Å²) in [4.78, 5) is 10.8. The molecule has 0 bridgehead atoms. The Hall–Kier alpha value is -1.43. The Morgan fingerprint density at radius 1 is 1.00 bits per heavy atom. The van der Waals surface area contributed by atoms with E-state index in [2.05, 4.69) is 13.8 Å². The topological polar surface area (TPSA) is 98.0 Å². The van der Waals surface area contributed by atoms with Crippen molar-refractivity contribution in [1.82, 2.24) is 0 Å². The molecule has 0 radical (unpaired) electrons. The molecule has 0 saturated heterocycles. The fourth-order valence-electron chi connectivity index (χ4n) is 1.71. The second kappa shape index (κ2) is 10.4. The number of hydrogen-bond acceptors (Lipinski definition) is 4. The van der Waals surface area contributed by atoms with E-state index in [-0.39, 0.29) is 19.8 Å². The minimum atomic E-state index is -0.772. The largest absolute Gasteiger partial charge is 0.481 e. The van der Waals surface area contributed by atoms with Crippen LogP contribution in [0.4, 0.5) is 0 Å². The maximum Gasteiger partial charge on any atom is 0.310 e. The number of carboxylic acid groups (broad SMARTS) is 1. The molecule has 0 aliphatic heterocycles. The molecule has 0 aliphatic carbocycles. The zero-order valence-corrected chi connectivity index (χ0v) is 14.5. The quantitative estimate of drug-likeness (QED) is 0.615. The van der Waals surface area contributed by atoms with Crippen molar-refractivity contribution < 1.29 is 25.2 Å². The predicted octanol–water partition coefficient (Wildman–Crippen LogP) is 2.04. The molecule has 0 aliphatic rings. The van der Waals surface area contributed by atoms with E-state index in [9.17, 15) is 4.79 Å². The van der Waals surface area contributed by atoms with Gasteiger partial charge in [0.1, 0.15) is 0 Å². The molecular formula is C18H30O5. The molecule has 1 atom stereocenters. The van der Waals surface area contributed by atoms with E-state index in [0.29, 0.717) is 5.92 Å². The van der Waals surface area contributed by atoms with Crippen LogP contribution in [0.3, 0.4) is 0 Å². The molecule has 0 aromatic heterocycles. The summed E-state index contributed by atoms with van der Waals surface area (Å²) in [5.74, 6) is -0.558. The van der Waals surface area contributed by atoms with Crippen LogP contribution < -0.4 is 0 Å². The highest BCUT2D eigenvalue weighted by molar-refractivity contribution is 5.75. The Balaban J connectivity index is 0.000000515. The van der Waals surface area contributed by atoms with Crippen molar-refractivity contribution >= 4 is 5.97 Å². The van der Waals surface area contributed by atoms with Gasteiger partial charge in [-0.1, -0.05) is 45.0 Å². The number of aliphatic hydroxyl groups excluding tert-OH is 3. The van der Waals surface area contributed by atoms with Gasteiger partial charge in [0.15, 0.2) is 0 Å². The van der Waals surface area contributed by atoms with Gasteiger partial charge in [0.2, 0.25) is 0 Å². The Labute approximate surface area is 138 Å². The lowest BCUT2D eigenvalue weighted by Gasteiger charge is -2.20. The average Bonchev–Trinajstić information content (AvgIpc) is 2.54. The Morgan fingerprint density at radius 3 is 1.70 bits per heavy atom. The monoisotopic (exact) mass is 326 g/mol. The van der Waals surface area contributed by atoms with Gasteiger partial charge in [-0.25, -0.2) is 0 Å². The van der Waals surface area contributed by atoms with E-state index in [0.717, 1.165) is 12.0 Å². The third-order valence-corrected chi connectivity index (χ3v) is 3.64. The summed E-state index contributed by atoms with van der Waals surface area (Å²) in [5, 5.41) is 34.2. The zero-order valence-electron chi connectivity index (χ0n) is 14.5. The van der Waals surface area contributed by atoms with Gasteiger partial charge in [0.05, 0.1) is 25.7 Å². The van der Waals surface area contributed by atoms with E-state index in [1.807, 2.05) is 24.3 Å². The SMILES string of the molecule is CC(C)Cc1ccc(C(C)C(=O)O)cc1.CC(CO)(CO)CO. The molecule has 5 heteroatoms. The fraction of sp³-hybridized carbons (Fsp3) is 0.611. The summed E-state index contributed by atoms with van der Waals surface area (Å²) in [5.41, 5.74) is 1.43. The van der Waals surface area contributed by atoms with Crippen molar-refractivity contribution in [2.24, 2.45) is 11.3 Å². The van der Waals surface area contributed by atoms with E-state index in [1.165, 1.54) is 5.56 Å². The second-order valence-corrected chi connectivity index (χ2v) is 6.68. The third-order valence-electron chi connectivity index (χ3n) is 3.64. The lowest BCUT2D eigenvalue weighted by atomic mass is 9.95. The lowest BCUT2D eigenvalue weighted by Crippen LogP contribution is -2.29. The van der Waals surface area contributed by atoms with Gasteiger partial charge in [-0.15, -0.1) is 0 Å². The van der Waals surface area contributed by atoms with E-state index in [4.69, 9.17) is 20.4 Å². The maximum absolute atomic E-state index is 10.8. The first-order chi connectivity index (χ1) is 10.7. The van der Waals surface area contributed by atoms with Crippen LogP contribution in [-0.4, -0.2) is 46.2 Å². The van der Waals surface area contributed by atoms with Crippen molar-refractivity contribution in [2.45, 2.75) is 40.0 Å². The maximum atomic E-state index is 10.8. The highest BCUT2D eigenvalue weighted by Crippen LogP contribution is 2.17. The fourth-order valence-corrected chi connectivity index (χ4v) is 1.71. The first-order valence-corrected chi connectivity index (χ1v) is 7.83. The van der Waals surface area contributed by atoms with Gasteiger partial charge in [-0.05, 0) is 30.4 Å². The Kier molecular flexibility index (Phi) is 9.72. The molecule has 1 aromatic carbocycles. The van der Waals surface area contributed by atoms with Crippen molar-refractivity contribution in [1.29, 1.82) is 0 Å². The summed E-state index contributed by atoms with van der Waals surface area (Å²) in [6, 6.07) is 7.87. The number of rotatable bonds is 7. The van der Waals surface area contributed by atoms with Crippen LogP contribution >= 0.6 is 0 Å². The highest BCUT2D eigenvalue weighted by Gasteiger charge is 2.20. The normalized spacial score (nSPS) is 12.5. The van der Waals surface area contributed by atoms with E-state index in [1.54, 1.807) is 13.8 Å². The van der Waals surface area contributed by atoms with Gasteiger partial charge in [0.25, 0.3) is 0 Å². The molecule has 0 amide bonds. The molecule has 0 saturated carbocycles. The van der Waals surface area contributed by atoms with Crippen molar-refractivity contribution in [3.8, 4) is 0 Å². The second-order valence-electron chi connectivity index (χ2n) is 6.68. The summed E-state index contributed by atoms with van der Waals surface area (Å²) in [6.45, 7) is 7.12. The van der Waals surface area contributed by atoms with Gasteiger partial charge < -0.3 is 20.4 Å². The van der Waals surface area contributed by atoms with Gasteiger partial charge in [-0.3, -0.25) is 4.79 Å². The molecular weight excluding hydrogens is 296 g/mol. The summed E-state index contributed by atoms with van der Waals surface area (Å²) in [6.07, 6.45) is 1.04. The van der Waals surface area contributed by atoms with Crippen molar-refractivity contribution in [3.05, 3.63) is 35.4 Å². The number of aliphatic carboxylic acids is 1. The number of carbonyl (C=O) groups is 1. The van der Waals surface area contributed by atoms with Crippen LogP contribution in [0.5, 0.6) is 0 Å². The van der Waals surface area contributed by atoms with E-state index < -0.39 is 17.3 Å². The molecule has 23 heavy (non-hydrogen) atoms. The molecule has 1 aromatic rings. The van der Waals surface area contributed by atoms with Gasteiger partial charge >= 0.3 is 5.97 Å². The van der Waals surface area contributed by atoms with Crippen molar-refractivity contribution in [3.63, 3.8) is 0 Å². The molecule has 4 N–H and O–H groups in total. The highest BCUT2D eigenvalue weighted by atomic mass is 16.4. The Bertz CT molecular complexity index is 441. The van der Waals surface area contributed by atoms with Crippen LogP contribution in [-0.2, 0) is 11.2 Å². The Morgan fingerprint density at radius 2 is 1.43 bits per heavy atom. The molecule has 5 nitrogen and oxygen atoms in total. The van der Waals surface area contributed by atoms with Gasteiger partial charge in [-0.2, -0.15) is 0 Å². The van der Waals surface area contributed by atoms with Crippen molar-refractivity contribution in [2.75, 3.05) is 19.8 Å². The van der Waals surface area contributed by atoms with Crippen LogP contribution in [0.15, 0.2) is 24.3 Å². The minimum Gasteiger partial charge on any atom is -0.481 e. The minimum absolute atomic E-state index is 0.181. The number of carboxylic acids is 1. The summed E-state index contributed by atoms with van der Waals surface area (Å²) < 4.78 is 0. The number of aliphatic hydroxyl groups is 3. The van der Waals surface area contributed by atoms with Crippen LogP contribution in [0.1, 0.15) is 44.7 Å². The molecule has 0 fully saturated rings. The smallest absolute Gasteiger partial charge is 0.310 e. The lowest BCUT2D eigenvalue weighted by molar-refractivity contribution is -0.138. The van der Waals surface area contributed by atoms with Crippen LogP contribution in [0.25, 0.3) is 0 Å².